The summed E-state index contributed by atoms with van der Waals surface area (Å²) in [5, 5.41) is 4.38. The third kappa shape index (κ3) is 2.61. The van der Waals surface area contributed by atoms with Crippen LogP contribution in [0.3, 0.4) is 0 Å². The number of benzene rings is 2. The lowest BCUT2D eigenvalue weighted by atomic mass is 9.86. The Hall–Kier alpha value is -2.94. The zero-order chi connectivity index (χ0) is 15.6. The van der Waals surface area contributed by atoms with E-state index in [9.17, 15) is 4.79 Å². The van der Waals surface area contributed by atoms with Crippen LogP contribution in [0.25, 0.3) is 11.8 Å². The molecule has 0 radical (unpaired) electrons. The van der Waals surface area contributed by atoms with Gasteiger partial charge in [0.2, 0.25) is 0 Å². The average molecular weight is 300 g/mol. The highest BCUT2D eigenvalue weighted by Crippen LogP contribution is 2.26. The SMILES string of the molecule is O=C1/C(=C\c2cnn(-c3ccccc3)c2)CCc2ccccc21. The maximum Gasteiger partial charge on any atom is 0.189 e. The predicted molar refractivity (Wildman–Crippen MR) is 90.6 cm³/mol. The van der Waals surface area contributed by atoms with E-state index < -0.39 is 0 Å². The minimum atomic E-state index is 0.138. The van der Waals surface area contributed by atoms with Crippen LogP contribution in [-0.4, -0.2) is 15.6 Å². The molecule has 3 aromatic rings. The molecule has 3 nitrogen and oxygen atoms in total. The molecule has 1 aliphatic carbocycles. The molecule has 1 aliphatic rings. The van der Waals surface area contributed by atoms with Crippen molar-refractivity contribution in [3.8, 4) is 5.69 Å². The van der Waals surface area contributed by atoms with E-state index in [1.54, 1.807) is 6.20 Å². The van der Waals surface area contributed by atoms with Gasteiger partial charge in [0.25, 0.3) is 0 Å². The minimum Gasteiger partial charge on any atom is -0.289 e. The summed E-state index contributed by atoms with van der Waals surface area (Å²) in [5.74, 6) is 0.138. The van der Waals surface area contributed by atoms with Gasteiger partial charge in [-0.1, -0.05) is 42.5 Å². The molecule has 23 heavy (non-hydrogen) atoms. The number of rotatable bonds is 2. The number of aryl methyl sites for hydroxylation is 1. The normalized spacial score (nSPS) is 15.7. The van der Waals surface area contributed by atoms with Crippen molar-refractivity contribution in [1.29, 1.82) is 0 Å². The molecule has 0 fully saturated rings. The molecule has 112 valence electrons. The lowest BCUT2D eigenvalue weighted by molar-refractivity contribution is 0.102. The average Bonchev–Trinajstić information content (AvgIpc) is 3.07. The van der Waals surface area contributed by atoms with Crippen LogP contribution in [-0.2, 0) is 6.42 Å². The van der Waals surface area contributed by atoms with Crippen molar-refractivity contribution < 1.29 is 4.79 Å². The van der Waals surface area contributed by atoms with Gasteiger partial charge in [0.05, 0.1) is 11.9 Å². The Morgan fingerprint density at radius 3 is 2.61 bits per heavy atom. The first-order valence-electron chi connectivity index (χ1n) is 7.74. The molecule has 2 aromatic carbocycles. The molecule has 0 spiro atoms. The second-order valence-corrected chi connectivity index (χ2v) is 5.71. The Morgan fingerprint density at radius 2 is 1.74 bits per heavy atom. The van der Waals surface area contributed by atoms with E-state index in [0.29, 0.717) is 0 Å². The Bertz CT molecular complexity index is 891. The first kappa shape index (κ1) is 13.7. The fourth-order valence-electron chi connectivity index (χ4n) is 2.99. The molecular weight excluding hydrogens is 284 g/mol. The van der Waals surface area contributed by atoms with E-state index in [1.807, 2.05) is 71.6 Å². The van der Waals surface area contributed by atoms with Crippen molar-refractivity contribution in [3.05, 3.63) is 89.3 Å². The molecule has 0 atom stereocenters. The highest BCUT2D eigenvalue weighted by atomic mass is 16.1. The number of para-hydroxylation sites is 1. The zero-order valence-electron chi connectivity index (χ0n) is 12.6. The summed E-state index contributed by atoms with van der Waals surface area (Å²) in [6.45, 7) is 0. The van der Waals surface area contributed by atoms with Crippen molar-refractivity contribution in [2.75, 3.05) is 0 Å². The lowest BCUT2D eigenvalue weighted by Gasteiger charge is -2.16. The number of fused-ring (bicyclic) bond motifs is 1. The van der Waals surface area contributed by atoms with E-state index in [-0.39, 0.29) is 5.78 Å². The van der Waals surface area contributed by atoms with Gasteiger partial charge in [-0.15, -0.1) is 0 Å². The zero-order valence-corrected chi connectivity index (χ0v) is 12.6. The van der Waals surface area contributed by atoms with Crippen LogP contribution in [0.15, 0.2) is 72.6 Å². The van der Waals surface area contributed by atoms with Gasteiger partial charge in [0, 0.05) is 22.9 Å². The predicted octanol–water partition coefficient (Wildman–Crippen LogP) is 4.08. The van der Waals surface area contributed by atoms with E-state index in [2.05, 4.69) is 5.10 Å². The van der Waals surface area contributed by atoms with Crippen LogP contribution in [0.4, 0.5) is 0 Å². The monoisotopic (exact) mass is 300 g/mol. The summed E-state index contributed by atoms with van der Waals surface area (Å²) in [6.07, 6.45) is 7.42. The number of ketones is 1. The van der Waals surface area contributed by atoms with Gasteiger partial charge in [0.15, 0.2) is 5.78 Å². The van der Waals surface area contributed by atoms with Crippen molar-refractivity contribution in [2.45, 2.75) is 12.8 Å². The van der Waals surface area contributed by atoms with Crippen LogP contribution in [0.1, 0.15) is 27.9 Å². The van der Waals surface area contributed by atoms with Crippen molar-refractivity contribution in [2.24, 2.45) is 0 Å². The van der Waals surface area contributed by atoms with Gasteiger partial charge < -0.3 is 0 Å². The molecule has 0 saturated carbocycles. The summed E-state index contributed by atoms with van der Waals surface area (Å²) in [4.78, 5) is 12.6. The van der Waals surface area contributed by atoms with Crippen LogP contribution in [0.5, 0.6) is 0 Å². The van der Waals surface area contributed by atoms with Crippen LogP contribution in [0, 0.1) is 0 Å². The maximum absolute atomic E-state index is 12.6. The molecule has 0 amide bonds. The van der Waals surface area contributed by atoms with E-state index in [1.165, 1.54) is 0 Å². The minimum absolute atomic E-state index is 0.138. The third-order valence-electron chi connectivity index (χ3n) is 4.18. The molecule has 0 unspecified atom stereocenters. The molecule has 4 rings (SSSR count). The third-order valence-corrected chi connectivity index (χ3v) is 4.18. The van der Waals surface area contributed by atoms with Crippen LogP contribution < -0.4 is 0 Å². The topological polar surface area (TPSA) is 34.9 Å². The number of hydrogen-bond acceptors (Lipinski definition) is 2. The largest absolute Gasteiger partial charge is 0.289 e. The van der Waals surface area contributed by atoms with Crippen LogP contribution >= 0.6 is 0 Å². The highest BCUT2D eigenvalue weighted by molar-refractivity contribution is 6.13. The van der Waals surface area contributed by atoms with E-state index >= 15 is 0 Å². The van der Waals surface area contributed by atoms with Crippen molar-refractivity contribution in [3.63, 3.8) is 0 Å². The molecule has 1 aromatic heterocycles. The number of carbonyl (C=O) groups excluding carboxylic acids is 1. The smallest absolute Gasteiger partial charge is 0.189 e. The quantitative estimate of drug-likeness (QED) is 0.668. The second-order valence-electron chi connectivity index (χ2n) is 5.71. The Balaban J connectivity index is 1.65. The molecular formula is C20H16N2O. The maximum atomic E-state index is 12.6. The Morgan fingerprint density at radius 1 is 0.957 bits per heavy atom. The summed E-state index contributed by atoms with van der Waals surface area (Å²) in [5.41, 5.74) is 4.81. The number of nitrogens with zero attached hydrogens (tertiary/aromatic N) is 2. The number of Topliss-reactive ketones (excluding diaryl/α,β-unsaturated/α-hetero) is 1. The second kappa shape index (κ2) is 5.69. The fraction of sp³-hybridized carbons (Fsp3) is 0.100. The van der Waals surface area contributed by atoms with E-state index in [0.717, 1.165) is 40.8 Å². The molecule has 1 heterocycles. The van der Waals surface area contributed by atoms with Gasteiger partial charge in [0.1, 0.15) is 0 Å². The molecule has 0 aliphatic heterocycles. The standard InChI is InChI=1S/C20H16N2O/c23-20-17(11-10-16-6-4-5-9-19(16)20)12-15-13-21-22(14-15)18-7-2-1-3-8-18/h1-9,12-14H,10-11H2/b17-12-. The molecule has 0 bridgehead atoms. The van der Waals surface area contributed by atoms with Gasteiger partial charge >= 0.3 is 0 Å². The molecule has 0 N–H and O–H groups in total. The first-order chi connectivity index (χ1) is 11.3. The van der Waals surface area contributed by atoms with Gasteiger partial charge in [-0.2, -0.15) is 5.10 Å². The number of aromatic nitrogens is 2. The Labute approximate surface area is 134 Å². The molecule has 0 saturated heterocycles. The summed E-state index contributed by atoms with van der Waals surface area (Å²) in [6, 6.07) is 17.8. The van der Waals surface area contributed by atoms with E-state index in [4.69, 9.17) is 0 Å². The van der Waals surface area contributed by atoms with Gasteiger partial charge in [-0.25, -0.2) is 4.68 Å². The summed E-state index contributed by atoms with van der Waals surface area (Å²) >= 11 is 0. The summed E-state index contributed by atoms with van der Waals surface area (Å²) in [7, 11) is 0. The number of carbonyl (C=O) groups is 1. The van der Waals surface area contributed by atoms with Crippen LogP contribution in [0.2, 0.25) is 0 Å². The van der Waals surface area contributed by atoms with Gasteiger partial charge in [-0.05, 0) is 36.6 Å². The van der Waals surface area contributed by atoms with Crippen molar-refractivity contribution >= 4 is 11.9 Å². The lowest BCUT2D eigenvalue weighted by Crippen LogP contribution is -2.13. The fourth-order valence-corrected chi connectivity index (χ4v) is 2.99. The summed E-state index contributed by atoms with van der Waals surface area (Å²) < 4.78 is 1.83. The van der Waals surface area contributed by atoms with Crippen molar-refractivity contribution in [1.82, 2.24) is 9.78 Å². The van der Waals surface area contributed by atoms with Gasteiger partial charge in [-0.3, -0.25) is 4.79 Å². The highest BCUT2D eigenvalue weighted by Gasteiger charge is 2.21. The number of allylic oxidation sites excluding steroid dienone is 1. The Kier molecular flexibility index (Phi) is 3.39. The first-order valence-corrected chi connectivity index (χ1v) is 7.74. The molecule has 3 heteroatoms. The number of hydrogen-bond donors (Lipinski definition) is 0.